The van der Waals surface area contributed by atoms with Crippen molar-refractivity contribution in [2.24, 2.45) is 17.8 Å². The lowest BCUT2D eigenvalue weighted by Gasteiger charge is -2.19. The van der Waals surface area contributed by atoms with Crippen molar-refractivity contribution in [3.8, 4) is 5.75 Å². The Morgan fingerprint density at radius 2 is 2.00 bits per heavy atom. The number of halogens is 1. The molecule has 0 radical (unpaired) electrons. The van der Waals surface area contributed by atoms with E-state index in [0.29, 0.717) is 30.6 Å². The van der Waals surface area contributed by atoms with Crippen LogP contribution in [0.25, 0.3) is 0 Å². The van der Waals surface area contributed by atoms with Gasteiger partial charge >= 0.3 is 5.97 Å². The van der Waals surface area contributed by atoms with E-state index in [0.717, 1.165) is 19.3 Å². The topological polar surface area (TPSA) is 96.2 Å². The summed E-state index contributed by atoms with van der Waals surface area (Å²) < 4.78 is 24.2. The lowest BCUT2D eigenvalue weighted by atomic mass is 9.90. The summed E-state index contributed by atoms with van der Waals surface area (Å²) in [6, 6.07) is 5.61. The number of rotatable bonds is 10. The van der Waals surface area contributed by atoms with Crippen molar-refractivity contribution in [3.63, 3.8) is 0 Å². The number of benzene rings is 1. The fraction of sp³-hybridized carbons (Fsp3) is 0.591. The Bertz CT molecular complexity index is 691. The highest BCUT2D eigenvalue weighted by molar-refractivity contribution is 5.66. The summed E-state index contributed by atoms with van der Waals surface area (Å²) in [6.07, 6.45) is 5.44. The Kier molecular flexibility index (Phi) is 7.64. The van der Waals surface area contributed by atoms with Crippen molar-refractivity contribution in [1.29, 1.82) is 0 Å². The normalized spacial score (nSPS) is 29.8. The highest BCUT2D eigenvalue weighted by Crippen LogP contribution is 2.49. The zero-order valence-electron chi connectivity index (χ0n) is 16.3. The number of ether oxygens (including phenoxy) is 2. The van der Waals surface area contributed by atoms with Crippen LogP contribution >= 0.6 is 0 Å². The summed E-state index contributed by atoms with van der Waals surface area (Å²) >= 11 is 0. The summed E-state index contributed by atoms with van der Waals surface area (Å²) in [5, 5.41) is 29.2. The van der Waals surface area contributed by atoms with Gasteiger partial charge in [-0.1, -0.05) is 12.2 Å². The Hall–Kier alpha value is -1.96. The molecule has 3 rings (SSSR count). The van der Waals surface area contributed by atoms with Crippen LogP contribution in [0.15, 0.2) is 36.4 Å². The third kappa shape index (κ3) is 6.26. The Morgan fingerprint density at radius 1 is 1.24 bits per heavy atom. The number of carbonyl (C=O) groups is 1. The first-order valence-electron chi connectivity index (χ1n) is 10.2. The molecule has 0 spiro atoms. The molecular formula is C22H29FO6. The van der Waals surface area contributed by atoms with Gasteiger partial charge in [0.05, 0.1) is 12.2 Å². The summed E-state index contributed by atoms with van der Waals surface area (Å²) in [4.78, 5) is 10.6. The van der Waals surface area contributed by atoms with E-state index in [9.17, 15) is 19.4 Å². The minimum atomic E-state index is -0.823. The SMILES string of the molecule is O=C(O)CCCOC1C[C@H]2C[C@@H](O)[C@H](C=CC(O)COc3ccc(F)cc3)[C@@H]2C1. The highest BCUT2D eigenvalue weighted by Gasteiger charge is 2.47. The molecule has 3 N–H and O–H groups in total. The number of hydrogen-bond acceptors (Lipinski definition) is 5. The van der Waals surface area contributed by atoms with Gasteiger partial charge in [-0.05, 0) is 61.8 Å². The van der Waals surface area contributed by atoms with Gasteiger partial charge in [0.25, 0.3) is 0 Å². The van der Waals surface area contributed by atoms with Crippen LogP contribution in [0, 0.1) is 23.6 Å². The van der Waals surface area contributed by atoms with Gasteiger partial charge in [0, 0.05) is 18.9 Å². The average Bonchev–Trinajstić information content (AvgIpc) is 3.19. The average molecular weight is 408 g/mol. The molecule has 0 aromatic heterocycles. The molecule has 2 saturated carbocycles. The van der Waals surface area contributed by atoms with Crippen molar-refractivity contribution < 1.29 is 34.0 Å². The van der Waals surface area contributed by atoms with E-state index >= 15 is 0 Å². The van der Waals surface area contributed by atoms with Crippen molar-refractivity contribution in [1.82, 2.24) is 0 Å². The zero-order chi connectivity index (χ0) is 20.8. The fourth-order valence-electron chi connectivity index (χ4n) is 4.50. The van der Waals surface area contributed by atoms with E-state index in [2.05, 4.69) is 0 Å². The lowest BCUT2D eigenvalue weighted by Crippen LogP contribution is -2.21. The number of aliphatic hydroxyl groups is 2. The number of fused-ring (bicyclic) bond motifs is 1. The Labute approximate surface area is 170 Å². The van der Waals surface area contributed by atoms with E-state index in [4.69, 9.17) is 14.6 Å². The molecule has 0 saturated heterocycles. The molecule has 7 heteroatoms. The maximum Gasteiger partial charge on any atom is 0.303 e. The summed E-state index contributed by atoms with van der Waals surface area (Å²) in [7, 11) is 0. The van der Waals surface area contributed by atoms with Crippen molar-refractivity contribution in [2.45, 2.75) is 50.4 Å². The van der Waals surface area contributed by atoms with E-state index in [1.165, 1.54) is 24.3 Å². The van der Waals surface area contributed by atoms with E-state index < -0.39 is 18.2 Å². The van der Waals surface area contributed by atoms with E-state index in [-0.39, 0.29) is 30.9 Å². The molecule has 2 fully saturated rings. The monoisotopic (exact) mass is 408 g/mol. The van der Waals surface area contributed by atoms with Gasteiger partial charge in [-0.2, -0.15) is 0 Å². The van der Waals surface area contributed by atoms with Gasteiger partial charge < -0.3 is 24.8 Å². The molecule has 2 aliphatic carbocycles. The summed E-state index contributed by atoms with van der Waals surface area (Å²) in [5.41, 5.74) is 0. The predicted octanol–water partition coefficient (Wildman–Crippen LogP) is 2.78. The number of aliphatic carboxylic acids is 1. The molecule has 0 amide bonds. The third-order valence-electron chi connectivity index (χ3n) is 5.87. The van der Waals surface area contributed by atoms with Crippen LogP contribution in [0.2, 0.25) is 0 Å². The van der Waals surface area contributed by atoms with Crippen molar-refractivity contribution in [2.75, 3.05) is 13.2 Å². The largest absolute Gasteiger partial charge is 0.491 e. The van der Waals surface area contributed by atoms with Crippen LogP contribution in [0.3, 0.4) is 0 Å². The summed E-state index contributed by atoms with van der Waals surface area (Å²) in [6.45, 7) is 0.493. The van der Waals surface area contributed by atoms with Crippen LogP contribution < -0.4 is 4.74 Å². The van der Waals surface area contributed by atoms with Gasteiger partial charge in [0.2, 0.25) is 0 Å². The van der Waals surface area contributed by atoms with Gasteiger partial charge in [-0.3, -0.25) is 4.79 Å². The second kappa shape index (κ2) is 10.2. The molecule has 6 atom stereocenters. The van der Waals surface area contributed by atoms with Crippen LogP contribution in [0.5, 0.6) is 5.75 Å². The Morgan fingerprint density at radius 3 is 2.72 bits per heavy atom. The highest BCUT2D eigenvalue weighted by atomic mass is 19.1. The number of carboxylic acids is 1. The lowest BCUT2D eigenvalue weighted by molar-refractivity contribution is -0.137. The smallest absolute Gasteiger partial charge is 0.303 e. The van der Waals surface area contributed by atoms with Crippen molar-refractivity contribution >= 4 is 5.97 Å². The van der Waals surface area contributed by atoms with Crippen LogP contribution in [-0.4, -0.2) is 52.8 Å². The van der Waals surface area contributed by atoms with Crippen LogP contribution in [-0.2, 0) is 9.53 Å². The molecule has 6 nitrogen and oxygen atoms in total. The van der Waals surface area contributed by atoms with Gasteiger partial charge in [0.1, 0.15) is 24.3 Å². The minimum Gasteiger partial charge on any atom is -0.491 e. The molecule has 29 heavy (non-hydrogen) atoms. The summed E-state index contributed by atoms with van der Waals surface area (Å²) in [5.74, 6) is -0.0188. The third-order valence-corrected chi connectivity index (χ3v) is 5.87. The second-order valence-electron chi connectivity index (χ2n) is 7.98. The molecule has 0 bridgehead atoms. The number of hydrogen-bond donors (Lipinski definition) is 3. The molecule has 0 aliphatic heterocycles. The van der Waals surface area contributed by atoms with E-state index in [1.807, 2.05) is 6.08 Å². The fourth-order valence-corrected chi connectivity index (χ4v) is 4.50. The predicted molar refractivity (Wildman–Crippen MR) is 104 cm³/mol. The number of aliphatic hydroxyl groups excluding tert-OH is 2. The standard InChI is InChI=1S/C22H29FO6/c23-15-3-6-17(7-4-15)29-13-16(24)5-8-19-20-12-18(10-14(20)11-21(19)25)28-9-1-2-22(26)27/h3-8,14,16,18-21,24-25H,1-2,9-13H2,(H,26,27)/t14-,16?,18?,19+,20+,21+/m0/s1. The molecule has 1 aromatic rings. The quantitative estimate of drug-likeness (QED) is 0.407. The maximum absolute atomic E-state index is 12.9. The molecule has 0 heterocycles. The maximum atomic E-state index is 12.9. The van der Waals surface area contributed by atoms with E-state index in [1.54, 1.807) is 6.08 Å². The molecule has 2 unspecified atom stereocenters. The van der Waals surface area contributed by atoms with Crippen LogP contribution in [0.1, 0.15) is 32.1 Å². The Balaban J connectivity index is 1.44. The first-order valence-corrected chi connectivity index (χ1v) is 10.2. The van der Waals surface area contributed by atoms with Gasteiger partial charge in [-0.15, -0.1) is 0 Å². The molecule has 160 valence electrons. The van der Waals surface area contributed by atoms with Gasteiger partial charge in [-0.25, -0.2) is 4.39 Å². The molecule has 1 aromatic carbocycles. The second-order valence-corrected chi connectivity index (χ2v) is 7.98. The number of carboxylic acid groups (broad SMARTS) is 1. The first kappa shape index (κ1) is 21.7. The van der Waals surface area contributed by atoms with Crippen LogP contribution in [0.4, 0.5) is 4.39 Å². The zero-order valence-corrected chi connectivity index (χ0v) is 16.3. The minimum absolute atomic E-state index is 0.0342. The first-order chi connectivity index (χ1) is 13.9. The molecular weight excluding hydrogens is 379 g/mol. The molecule has 2 aliphatic rings. The van der Waals surface area contributed by atoms with Gasteiger partial charge in [0.15, 0.2) is 0 Å². The van der Waals surface area contributed by atoms with Crippen molar-refractivity contribution in [3.05, 3.63) is 42.2 Å².